The molecule has 0 aliphatic carbocycles. The van der Waals surface area contributed by atoms with Gasteiger partial charge in [-0.25, -0.2) is 0 Å². The van der Waals surface area contributed by atoms with Crippen LogP contribution in [0, 0.1) is 5.92 Å². The number of likely N-dealkylation sites (tertiary alicyclic amines) is 1. The lowest BCUT2D eigenvalue weighted by Gasteiger charge is -2.39. The van der Waals surface area contributed by atoms with Crippen molar-refractivity contribution in [3.05, 3.63) is 28.8 Å². The molecule has 110 valence electrons. The molecule has 4 nitrogen and oxygen atoms in total. The molecular weight excluding hydrogens is 278 g/mol. The molecule has 2 rings (SSSR count). The second-order valence-electron chi connectivity index (χ2n) is 5.41. The number of hydrogen-bond acceptors (Lipinski definition) is 3. The van der Waals surface area contributed by atoms with Gasteiger partial charge in [0.05, 0.1) is 19.1 Å². The molecule has 1 heterocycles. The molecule has 2 N–H and O–H groups in total. The van der Waals surface area contributed by atoms with E-state index >= 15 is 0 Å². The molecule has 0 unspecified atom stereocenters. The summed E-state index contributed by atoms with van der Waals surface area (Å²) < 4.78 is 0. The van der Waals surface area contributed by atoms with Crippen molar-refractivity contribution < 1.29 is 15.0 Å². The summed E-state index contributed by atoms with van der Waals surface area (Å²) in [7, 11) is 0. The highest BCUT2D eigenvalue weighted by Gasteiger charge is 2.31. The van der Waals surface area contributed by atoms with Crippen molar-refractivity contribution in [2.75, 3.05) is 13.2 Å². The maximum Gasteiger partial charge on any atom is 0.227 e. The SMILES string of the molecule is C[C@H]1CCCN(C(=O)Cc2ccc(O)cc2Cl)[C@@H]1CO. The van der Waals surface area contributed by atoms with Gasteiger partial charge in [-0.3, -0.25) is 4.79 Å². The lowest BCUT2D eigenvalue weighted by molar-refractivity contribution is -0.136. The second kappa shape index (κ2) is 6.46. The van der Waals surface area contributed by atoms with E-state index in [9.17, 15) is 15.0 Å². The smallest absolute Gasteiger partial charge is 0.227 e. The summed E-state index contributed by atoms with van der Waals surface area (Å²) in [5.74, 6) is 0.377. The van der Waals surface area contributed by atoms with Crippen LogP contribution in [0.5, 0.6) is 5.75 Å². The Morgan fingerprint density at radius 2 is 2.25 bits per heavy atom. The van der Waals surface area contributed by atoms with E-state index in [4.69, 9.17) is 11.6 Å². The minimum atomic E-state index is -0.104. The molecule has 1 aliphatic heterocycles. The quantitative estimate of drug-likeness (QED) is 0.899. The second-order valence-corrected chi connectivity index (χ2v) is 5.82. The van der Waals surface area contributed by atoms with Gasteiger partial charge >= 0.3 is 0 Å². The number of halogens is 1. The molecule has 1 aliphatic rings. The lowest BCUT2D eigenvalue weighted by Crippen LogP contribution is -2.50. The predicted octanol–water partition coefficient (Wildman–Crippen LogP) is 2.21. The van der Waals surface area contributed by atoms with Crippen LogP contribution in [0.25, 0.3) is 0 Å². The van der Waals surface area contributed by atoms with Crippen LogP contribution in [0.4, 0.5) is 0 Å². The van der Waals surface area contributed by atoms with E-state index in [-0.39, 0.29) is 30.7 Å². The number of aromatic hydroxyl groups is 1. The van der Waals surface area contributed by atoms with Gasteiger partial charge < -0.3 is 15.1 Å². The van der Waals surface area contributed by atoms with E-state index in [1.807, 2.05) is 0 Å². The molecule has 0 radical (unpaired) electrons. The molecule has 5 heteroatoms. The van der Waals surface area contributed by atoms with Crippen molar-refractivity contribution in [1.82, 2.24) is 4.90 Å². The van der Waals surface area contributed by atoms with E-state index in [1.54, 1.807) is 11.0 Å². The lowest BCUT2D eigenvalue weighted by atomic mass is 9.91. The Morgan fingerprint density at radius 3 is 2.90 bits per heavy atom. The first-order valence-electron chi connectivity index (χ1n) is 6.90. The molecule has 20 heavy (non-hydrogen) atoms. The molecule has 1 aromatic rings. The van der Waals surface area contributed by atoms with Crippen molar-refractivity contribution in [2.45, 2.75) is 32.2 Å². The summed E-state index contributed by atoms with van der Waals surface area (Å²) >= 11 is 6.03. The van der Waals surface area contributed by atoms with Gasteiger partial charge in [0.1, 0.15) is 5.75 Å². The number of carbonyl (C=O) groups excluding carboxylic acids is 1. The fourth-order valence-electron chi connectivity index (χ4n) is 2.78. The van der Waals surface area contributed by atoms with Crippen LogP contribution >= 0.6 is 11.6 Å². The third kappa shape index (κ3) is 3.25. The largest absolute Gasteiger partial charge is 0.508 e. The minimum Gasteiger partial charge on any atom is -0.508 e. The van der Waals surface area contributed by atoms with Gasteiger partial charge in [0.2, 0.25) is 5.91 Å². The van der Waals surface area contributed by atoms with Crippen LogP contribution in [-0.2, 0) is 11.2 Å². The molecule has 0 bridgehead atoms. The molecule has 2 atom stereocenters. The molecule has 1 amide bonds. The minimum absolute atomic E-state index is 0.00375. The topological polar surface area (TPSA) is 60.8 Å². The summed E-state index contributed by atoms with van der Waals surface area (Å²) in [5, 5.41) is 19.2. The van der Waals surface area contributed by atoms with Crippen molar-refractivity contribution in [3.63, 3.8) is 0 Å². The Kier molecular flexibility index (Phi) is 4.89. The van der Waals surface area contributed by atoms with Gasteiger partial charge in [0.15, 0.2) is 0 Å². The Hall–Kier alpha value is -1.26. The van der Waals surface area contributed by atoms with Crippen LogP contribution in [0.15, 0.2) is 18.2 Å². The van der Waals surface area contributed by atoms with E-state index in [2.05, 4.69) is 6.92 Å². The predicted molar refractivity (Wildman–Crippen MR) is 77.8 cm³/mol. The first-order valence-corrected chi connectivity index (χ1v) is 7.28. The Morgan fingerprint density at radius 1 is 1.50 bits per heavy atom. The molecular formula is C15H20ClNO3. The molecule has 0 saturated carbocycles. The van der Waals surface area contributed by atoms with Crippen LogP contribution < -0.4 is 0 Å². The van der Waals surface area contributed by atoms with Crippen LogP contribution in [0.3, 0.4) is 0 Å². The van der Waals surface area contributed by atoms with Gasteiger partial charge in [-0.1, -0.05) is 24.6 Å². The third-order valence-corrected chi connectivity index (χ3v) is 4.35. The molecule has 1 saturated heterocycles. The number of carbonyl (C=O) groups is 1. The maximum atomic E-state index is 12.4. The molecule has 0 aromatic heterocycles. The van der Waals surface area contributed by atoms with Crippen molar-refractivity contribution in [3.8, 4) is 5.75 Å². The molecule has 1 aromatic carbocycles. The van der Waals surface area contributed by atoms with Gasteiger partial charge in [-0.15, -0.1) is 0 Å². The number of nitrogens with zero attached hydrogens (tertiary/aromatic N) is 1. The number of amides is 1. The van der Waals surface area contributed by atoms with Crippen LogP contribution in [0.1, 0.15) is 25.3 Å². The fraction of sp³-hybridized carbons (Fsp3) is 0.533. The highest BCUT2D eigenvalue weighted by Crippen LogP contribution is 2.26. The third-order valence-electron chi connectivity index (χ3n) is 4.00. The van der Waals surface area contributed by atoms with E-state index in [1.165, 1.54) is 12.1 Å². The van der Waals surface area contributed by atoms with Gasteiger partial charge in [-0.2, -0.15) is 0 Å². The number of rotatable bonds is 3. The Balaban J connectivity index is 2.10. The highest BCUT2D eigenvalue weighted by molar-refractivity contribution is 6.31. The summed E-state index contributed by atoms with van der Waals surface area (Å²) in [6, 6.07) is 4.52. The van der Waals surface area contributed by atoms with Crippen LogP contribution in [-0.4, -0.2) is 40.2 Å². The van der Waals surface area contributed by atoms with Crippen molar-refractivity contribution in [1.29, 1.82) is 0 Å². The Labute approximate surface area is 124 Å². The number of phenols is 1. The zero-order chi connectivity index (χ0) is 14.7. The average Bonchev–Trinajstić information content (AvgIpc) is 2.41. The number of aliphatic hydroxyl groups is 1. The average molecular weight is 298 g/mol. The van der Waals surface area contributed by atoms with E-state index < -0.39 is 0 Å². The summed E-state index contributed by atoms with van der Waals surface area (Å²) in [5.41, 5.74) is 0.699. The fourth-order valence-corrected chi connectivity index (χ4v) is 3.02. The monoisotopic (exact) mass is 297 g/mol. The van der Waals surface area contributed by atoms with Crippen molar-refractivity contribution in [2.24, 2.45) is 5.92 Å². The number of piperidine rings is 1. The molecule has 0 spiro atoms. The zero-order valence-corrected chi connectivity index (χ0v) is 12.3. The Bertz CT molecular complexity index is 492. The zero-order valence-electron chi connectivity index (χ0n) is 11.6. The number of phenolic OH excluding ortho intramolecular Hbond substituents is 1. The van der Waals surface area contributed by atoms with Crippen LogP contribution in [0.2, 0.25) is 5.02 Å². The van der Waals surface area contributed by atoms with Gasteiger partial charge in [-0.05, 0) is 36.5 Å². The van der Waals surface area contributed by atoms with E-state index in [0.717, 1.165) is 12.8 Å². The maximum absolute atomic E-state index is 12.4. The van der Waals surface area contributed by atoms with Crippen molar-refractivity contribution >= 4 is 17.5 Å². The standard InChI is InChI=1S/C15H20ClNO3/c1-10-3-2-6-17(14(10)9-18)15(20)7-11-4-5-12(19)8-13(11)16/h4-5,8,10,14,18-19H,2-3,6-7,9H2,1H3/t10-,14+/m0/s1. The normalized spacial score (nSPS) is 22.9. The van der Waals surface area contributed by atoms with Gasteiger partial charge in [0.25, 0.3) is 0 Å². The number of aliphatic hydroxyl groups excluding tert-OH is 1. The first-order chi connectivity index (χ1) is 9.52. The number of benzene rings is 1. The van der Waals surface area contributed by atoms with E-state index in [0.29, 0.717) is 23.0 Å². The van der Waals surface area contributed by atoms with Gasteiger partial charge in [0, 0.05) is 11.6 Å². The summed E-state index contributed by atoms with van der Waals surface area (Å²) in [6.45, 7) is 2.74. The highest BCUT2D eigenvalue weighted by atomic mass is 35.5. The summed E-state index contributed by atoms with van der Waals surface area (Å²) in [4.78, 5) is 14.2. The first kappa shape index (κ1) is 15.1. The molecule has 1 fully saturated rings. The number of hydrogen-bond donors (Lipinski definition) is 2. The summed E-state index contributed by atoms with van der Waals surface area (Å²) in [6.07, 6.45) is 2.20.